The number of nitrogens with zero attached hydrogens (tertiary/aromatic N) is 2. The molecule has 3 aromatic carbocycles. The predicted molar refractivity (Wildman–Crippen MR) is 150 cm³/mol. The third-order valence-corrected chi connectivity index (χ3v) is 6.81. The number of furan rings is 1. The van der Waals surface area contributed by atoms with Gasteiger partial charge in [0, 0.05) is 41.9 Å². The molecule has 200 valence electrons. The number of hydrogen-bond donors (Lipinski definition) is 1. The van der Waals surface area contributed by atoms with Crippen LogP contribution in [-0.2, 0) is 4.79 Å². The summed E-state index contributed by atoms with van der Waals surface area (Å²) in [7, 11) is 5.31. The van der Waals surface area contributed by atoms with Crippen molar-refractivity contribution >= 4 is 45.6 Å². The maximum absolute atomic E-state index is 13.9. The average molecular weight is 547 g/mol. The largest absolute Gasteiger partial charge is 0.503 e. The summed E-state index contributed by atoms with van der Waals surface area (Å²) in [6, 6.07) is 18.2. The number of ketones is 1. The van der Waals surface area contributed by atoms with Gasteiger partial charge in [-0.15, -0.1) is 0 Å². The first-order chi connectivity index (χ1) is 18.7. The minimum atomic E-state index is -0.905. The van der Waals surface area contributed by atoms with Gasteiger partial charge in [-0.25, -0.2) is 0 Å². The van der Waals surface area contributed by atoms with Gasteiger partial charge in [-0.2, -0.15) is 0 Å². The van der Waals surface area contributed by atoms with Crippen molar-refractivity contribution in [3.8, 4) is 11.5 Å². The first kappa shape index (κ1) is 26.2. The molecule has 0 radical (unpaired) electrons. The number of fused-ring (bicyclic) bond motifs is 1. The summed E-state index contributed by atoms with van der Waals surface area (Å²) in [6.45, 7) is 2.38. The van der Waals surface area contributed by atoms with E-state index in [1.807, 2.05) is 50.2 Å². The lowest BCUT2D eigenvalue weighted by Gasteiger charge is -2.27. The number of methoxy groups -OCH3 is 1. The summed E-state index contributed by atoms with van der Waals surface area (Å²) >= 11 is 6.20. The van der Waals surface area contributed by atoms with Crippen molar-refractivity contribution in [2.24, 2.45) is 0 Å². The molecule has 39 heavy (non-hydrogen) atoms. The van der Waals surface area contributed by atoms with Crippen molar-refractivity contribution < 1.29 is 28.6 Å². The van der Waals surface area contributed by atoms with Gasteiger partial charge in [0.1, 0.15) is 5.75 Å². The molecule has 0 bridgehead atoms. The van der Waals surface area contributed by atoms with Crippen molar-refractivity contribution in [3.63, 3.8) is 0 Å². The lowest BCUT2D eigenvalue weighted by molar-refractivity contribution is -0.117. The Morgan fingerprint density at radius 2 is 1.77 bits per heavy atom. The highest BCUT2D eigenvalue weighted by Crippen LogP contribution is 2.43. The van der Waals surface area contributed by atoms with Gasteiger partial charge in [-0.05, 0) is 61.0 Å². The van der Waals surface area contributed by atoms with Gasteiger partial charge in [0.25, 0.3) is 5.91 Å². The van der Waals surface area contributed by atoms with Gasteiger partial charge in [0.2, 0.25) is 5.78 Å². The van der Waals surface area contributed by atoms with E-state index in [-0.39, 0.29) is 11.3 Å². The van der Waals surface area contributed by atoms with Crippen molar-refractivity contribution in [3.05, 3.63) is 94.4 Å². The summed E-state index contributed by atoms with van der Waals surface area (Å²) in [5.74, 6) is -0.997. The molecular weight excluding hydrogens is 520 g/mol. The van der Waals surface area contributed by atoms with Crippen LogP contribution in [0.1, 0.15) is 29.1 Å². The molecule has 1 aliphatic rings. The third kappa shape index (κ3) is 4.68. The quantitative estimate of drug-likeness (QED) is 0.258. The molecule has 5 rings (SSSR count). The SMILES string of the molecule is CCOc1ccc(N2C(=O)C(O)=C(C(=O)c3cc4cc(Cl)cc(OC)c4o3)C2c2ccc(N(C)C)cc2)cc1. The molecule has 0 saturated heterocycles. The number of carbonyl (C=O) groups excluding carboxylic acids is 2. The number of ether oxygens (including phenoxy) is 2. The highest BCUT2D eigenvalue weighted by molar-refractivity contribution is 6.31. The van der Waals surface area contributed by atoms with E-state index in [0.717, 1.165) is 5.69 Å². The molecule has 0 spiro atoms. The first-order valence-electron chi connectivity index (χ1n) is 12.3. The molecule has 1 unspecified atom stereocenters. The fourth-order valence-electron chi connectivity index (χ4n) is 4.73. The molecule has 1 aromatic heterocycles. The van der Waals surface area contributed by atoms with E-state index in [2.05, 4.69) is 0 Å². The molecule has 1 N–H and O–H groups in total. The lowest BCUT2D eigenvalue weighted by Crippen LogP contribution is -2.31. The van der Waals surface area contributed by atoms with E-state index in [4.69, 9.17) is 25.5 Å². The minimum Gasteiger partial charge on any atom is -0.503 e. The van der Waals surface area contributed by atoms with Crippen LogP contribution in [0.3, 0.4) is 0 Å². The number of amides is 1. The van der Waals surface area contributed by atoms with Gasteiger partial charge in [0.05, 0.1) is 25.3 Å². The van der Waals surface area contributed by atoms with Crippen molar-refractivity contribution in [2.75, 3.05) is 37.6 Å². The Labute approximate surface area is 230 Å². The van der Waals surface area contributed by atoms with Crippen molar-refractivity contribution in [1.82, 2.24) is 0 Å². The zero-order valence-electron chi connectivity index (χ0n) is 21.9. The summed E-state index contributed by atoms with van der Waals surface area (Å²) in [4.78, 5) is 30.8. The number of rotatable bonds is 8. The smallest absolute Gasteiger partial charge is 0.294 e. The van der Waals surface area contributed by atoms with Gasteiger partial charge in [-0.1, -0.05) is 23.7 Å². The van der Waals surface area contributed by atoms with Crippen LogP contribution in [0.4, 0.5) is 11.4 Å². The van der Waals surface area contributed by atoms with Crippen LogP contribution in [0, 0.1) is 0 Å². The number of Topliss-reactive ketones (excluding diaryl/α,β-unsaturated/α-hetero) is 1. The van der Waals surface area contributed by atoms with Crippen LogP contribution >= 0.6 is 11.6 Å². The van der Waals surface area contributed by atoms with Gasteiger partial charge >= 0.3 is 0 Å². The monoisotopic (exact) mass is 546 g/mol. The molecule has 0 aliphatic carbocycles. The molecule has 1 atom stereocenters. The Morgan fingerprint density at radius 1 is 1.08 bits per heavy atom. The molecule has 4 aromatic rings. The molecule has 1 aliphatic heterocycles. The molecule has 0 fully saturated rings. The molecule has 2 heterocycles. The van der Waals surface area contributed by atoms with Crippen LogP contribution in [0.5, 0.6) is 11.5 Å². The number of anilines is 2. The highest BCUT2D eigenvalue weighted by atomic mass is 35.5. The lowest BCUT2D eigenvalue weighted by atomic mass is 9.94. The first-order valence-corrected chi connectivity index (χ1v) is 12.7. The Morgan fingerprint density at radius 3 is 2.38 bits per heavy atom. The standard InChI is InChI=1S/C30H27ClN2O6/c1-5-38-22-12-10-21(11-13-22)33-26(17-6-8-20(9-7-17)32(2)3)25(28(35)30(33)36)27(34)23-15-18-14-19(31)16-24(37-4)29(18)39-23/h6-16,26,35H,5H2,1-4H3. The Balaban J connectivity index is 1.63. The highest BCUT2D eigenvalue weighted by Gasteiger charge is 2.45. The van der Waals surface area contributed by atoms with Gasteiger partial charge < -0.3 is 23.9 Å². The normalized spacial score (nSPS) is 15.3. The number of halogens is 1. The molecule has 1 amide bonds. The second kappa shape index (κ2) is 10.4. The van der Waals surface area contributed by atoms with Crippen molar-refractivity contribution in [1.29, 1.82) is 0 Å². The average Bonchev–Trinajstić information content (AvgIpc) is 3.47. The molecule has 8 nitrogen and oxygen atoms in total. The number of benzene rings is 3. The number of hydrogen-bond acceptors (Lipinski definition) is 7. The fourth-order valence-corrected chi connectivity index (χ4v) is 4.94. The second-order valence-electron chi connectivity index (χ2n) is 9.22. The fraction of sp³-hybridized carbons (Fsp3) is 0.200. The summed E-state index contributed by atoms with van der Waals surface area (Å²) < 4.78 is 16.8. The van der Waals surface area contributed by atoms with Crippen LogP contribution in [0.15, 0.2) is 82.5 Å². The summed E-state index contributed by atoms with van der Waals surface area (Å²) in [5.41, 5.74) is 2.34. The minimum absolute atomic E-state index is 0.0524. The number of carbonyl (C=O) groups is 2. The topological polar surface area (TPSA) is 92.5 Å². The molecule has 9 heteroatoms. The van der Waals surface area contributed by atoms with E-state index in [9.17, 15) is 14.7 Å². The van der Waals surface area contributed by atoms with Crippen LogP contribution in [-0.4, -0.2) is 44.6 Å². The van der Waals surface area contributed by atoms with Crippen LogP contribution in [0.2, 0.25) is 5.02 Å². The van der Waals surface area contributed by atoms with Crippen molar-refractivity contribution in [2.45, 2.75) is 13.0 Å². The zero-order valence-corrected chi connectivity index (χ0v) is 22.7. The Bertz CT molecular complexity index is 1590. The van der Waals surface area contributed by atoms with Crippen LogP contribution in [0.25, 0.3) is 11.0 Å². The van der Waals surface area contributed by atoms with E-state index in [1.165, 1.54) is 18.1 Å². The third-order valence-electron chi connectivity index (χ3n) is 6.59. The van der Waals surface area contributed by atoms with Gasteiger partial charge in [-0.3, -0.25) is 14.5 Å². The Hall–Kier alpha value is -4.43. The zero-order chi connectivity index (χ0) is 27.8. The Kier molecular flexibility index (Phi) is 6.97. The maximum Gasteiger partial charge on any atom is 0.294 e. The van der Waals surface area contributed by atoms with Gasteiger partial charge in [0.15, 0.2) is 22.9 Å². The van der Waals surface area contributed by atoms with E-state index in [1.54, 1.807) is 36.4 Å². The maximum atomic E-state index is 13.9. The second-order valence-corrected chi connectivity index (χ2v) is 9.66. The molecular formula is C30H27ClN2O6. The van der Waals surface area contributed by atoms with E-state index in [0.29, 0.717) is 45.3 Å². The number of aliphatic hydroxyl groups excluding tert-OH is 1. The predicted octanol–water partition coefficient (Wildman–Crippen LogP) is 6.34. The molecule has 0 saturated carbocycles. The summed E-state index contributed by atoms with van der Waals surface area (Å²) in [6.07, 6.45) is 0. The number of aliphatic hydroxyl groups is 1. The van der Waals surface area contributed by atoms with E-state index >= 15 is 0 Å². The van der Waals surface area contributed by atoms with Crippen LogP contribution < -0.4 is 19.3 Å². The summed E-state index contributed by atoms with van der Waals surface area (Å²) in [5, 5.41) is 12.1. The van der Waals surface area contributed by atoms with E-state index < -0.39 is 23.5 Å².